The zero-order valence-corrected chi connectivity index (χ0v) is 11.5. The summed E-state index contributed by atoms with van der Waals surface area (Å²) in [5.41, 5.74) is 0.398. The molecule has 0 heterocycles. The van der Waals surface area contributed by atoms with Gasteiger partial charge in [-0.3, -0.25) is 4.72 Å². The van der Waals surface area contributed by atoms with Crippen molar-refractivity contribution in [2.45, 2.75) is 0 Å². The normalized spacial score (nSPS) is 11.1. The molecule has 6 nitrogen and oxygen atoms in total. The second-order valence-corrected chi connectivity index (χ2v) is 5.43. The molecule has 0 aliphatic heterocycles. The van der Waals surface area contributed by atoms with Gasteiger partial charge in [0.15, 0.2) is 0 Å². The molecule has 1 aromatic carbocycles. The van der Waals surface area contributed by atoms with Gasteiger partial charge in [0, 0.05) is 12.6 Å². The second kappa shape index (κ2) is 6.46. The van der Waals surface area contributed by atoms with Gasteiger partial charge in [-0.05, 0) is 19.2 Å². The second-order valence-electron chi connectivity index (χ2n) is 3.59. The Morgan fingerprint density at radius 3 is 2.50 bits per heavy atom. The van der Waals surface area contributed by atoms with Crippen LogP contribution in [0.2, 0.25) is 0 Å². The van der Waals surface area contributed by atoms with Gasteiger partial charge in [-0.1, -0.05) is 0 Å². The van der Waals surface area contributed by atoms with Crippen LogP contribution in [-0.2, 0) is 10.0 Å². The quantitative estimate of drug-likeness (QED) is 0.764. The SMILES string of the molecule is CNCCS(=O)(=O)Nc1ccc(OC)cc1OC. The Hall–Kier alpha value is -1.47. The highest BCUT2D eigenvalue weighted by Gasteiger charge is 2.13. The lowest BCUT2D eigenvalue weighted by atomic mass is 10.3. The Kier molecular flexibility index (Phi) is 5.24. The lowest BCUT2D eigenvalue weighted by Crippen LogP contribution is -2.24. The molecule has 0 radical (unpaired) electrons. The molecule has 0 fully saturated rings. The zero-order valence-electron chi connectivity index (χ0n) is 10.7. The third kappa shape index (κ3) is 4.08. The van der Waals surface area contributed by atoms with E-state index in [1.807, 2.05) is 0 Å². The highest BCUT2D eigenvalue weighted by Crippen LogP contribution is 2.29. The zero-order chi connectivity index (χ0) is 13.6. The molecule has 0 saturated carbocycles. The van der Waals surface area contributed by atoms with Gasteiger partial charge < -0.3 is 14.8 Å². The third-order valence-corrected chi connectivity index (χ3v) is 3.57. The van der Waals surface area contributed by atoms with Crippen LogP contribution in [0.3, 0.4) is 0 Å². The molecule has 102 valence electrons. The van der Waals surface area contributed by atoms with Crippen LogP contribution in [0.15, 0.2) is 18.2 Å². The Labute approximate surface area is 107 Å². The van der Waals surface area contributed by atoms with Gasteiger partial charge in [-0.25, -0.2) is 8.42 Å². The smallest absolute Gasteiger partial charge is 0.234 e. The predicted molar refractivity (Wildman–Crippen MR) is 70.9 cm³/mol. The largest absolute Gasteiger partial charge is 0.497 e. The minimum Gasteiger partial charge on any atom is -0.497 e. The van der Waals surface area contributed by atoms with Gasteiger partial charge >= 0.3 is 0 Å². The minimum atomic E-state index is -3.38. The summed E-state index contributed by atoms with van der Waals surface area (Å²) in [7, 11) is 1.32. The fourth-order valence-electron chi connectivity index (χ4n) is 1.34. The van der Waals surface area contributed by atoms with Crippen molar-refractivity contribution < 1.29 is 17.9 Å². The van der Waals surface area contributed by atoms with E-state index in [2.05, 4.69) is 10.0 Å². The van der Waals surface area contributed by atoms with E-state index in [0.29, 0.717) is 23.7 Å². The van der Waals surface area contributed by atoms with E-state index < -0.39 is 10.0 Å². The first-order chi connectivity index (χ1) is 8.52. The van der Waals surface area contributed by atoms with Crippen molar-refractivity contribution in [2.75, 3.05) is 38.3 Å². The number of nitrogens with one attached hydrogen (secondary N) is 2. The molecule has 0 bridgehead atoms. The maximum Gasteiger partial charge on any atom is 0.234 e. The van der Waals surface area contributed by atoms with Crippen molar-refractivity contribution in [3.63, 3.8) is 0 Å². The van der Waals surface area contributed by atoms with Crippen molar-refractivity contribution >= 4 is 15.7 Å². The molecule has 0 spiro atoms. The van der Waals surface area contributed by atoms with E-state index in [1.165, 1.54) is 14.2 Å². The Bertz CT molecular complexity index is 488. The summed E-state index contributed by atoms with van der Waals surface area (Å²) in [5.74, 6) is 1.02. The van der Waals surface area contributed by atoms with Crippen molar-refractivity contribution in [2.24, 2.45) is 0 Å². The van der Waals surface area contributed by atoms with Crippen LogP contribution in [0.4, 0.5) is 5.69 Å². The first-order valence-corrected chi connectivity index (χ1v) is 7.04. The molecule has 0 aliphatic rings. The van der Waals surface area contributed by atoms with Crippen LogP contribution in [0.25, 0.3) is 0 Å². The summed E-state index contributed by atoms with van der Waals surface area (Å²) >= 11 is 0. The molecule has 0 unspecified atom stereocenters. The molecular weight excluding hydrogens is 256 g/mol. The average Bonchev–Trinajstić information content (AvgIpc) is 2.36. The first-order valence-electron chi connectivity index (χ1n) is 5.39. The van der Waals surface area contributed by atoms with Gasteiger partial charge in [0.25, 0.3) is 0 Å². The van der Waals surface area contributed by atoms with Crippen LogP contribution in [0, 0.1) is 0 Å². The van der Waals surface area contributed by atoms with E-state index >= 15 is 0 Å². The molecule has 0 saturated heterocycles. The van der Waals surface area contributed by atoms with Gasteiger partial charge in [0.05, 0.1) is 25.7 Å². The Morgan fingerprint density at radius 2 is 1.94 bits per heavy atom. The molecule has 0 amide bonds. The summed E-state index contributed by atoms with van der Waals surface area (Å²) < 4.78 is 36.1. The third-order valence-electron chi connectivity index (χ3n) is 2.29. The molecule has 2 N–H and O–H groups in total. The standard InChI is InChI=1S/C11H18N2O4S/c1-12-6-7-18(14,15)13-10-5-4-9(16-2)8-11(10)17-3/h4-5,8,12-13H,6-7H2,1-3H3. The average molecular weight is 274 g/mol. The number of benzene rings is 1. The molecule has 0 aliphatic carbocycles. The number of hydrogen-bond acceptors (Lipinski definition) is 5. The highest BCUT2D eigenvalue weighted by molar-refractivity contribution is 7.92. The molecule has 1 aromatic rings. The van der Waals surface area contributed by atoms with Crippen molar-refractivity contribution in [1.82, 2.24) is 5.32 Å². The summed E-state index contributed by atoms with van der Waals surface area (Å²) in [6.45, 7) is 0.383. The van der Waals surface area contributed by atoms with Crippen LogP contribution in [0.1, 0.15) is 0 Å². The van der Waals surface area contributed by atoms with Crippen LogP contribution in [0.5, 0.6) is 11.5 Å². The monoisotopic (exact) mass is 274 g/mol. The maximum absolute atomic E-state index is 11.7. The fraction of sp³-hybridized carbons (Fsp3) is 0.455. The summed E-state index contributed by atoms with van der Waals surface area (Å²) in [4.78, 5) is 0. The minimum absolute atomic E-state index is 0.00131. The number of sulfonamides is 1. The van der Waals surface area contributed by atoms with Gasteiger partial charge in [0.2, 0.25) is 10.0 Å². The van der Waals surface area contributed by atoms with Crippen molar-refractivity contribution in [3.8, 4) is 11.5 Å². The van der Waals surface area contributed by atoms with Crippen LogP contribution >= 0.6 is 0 Å². The van der Waals surface area contributed by atoms with Crippen molar-refractivity contribution in [3.05, 3.63) is 18.2 Å². The summed E-state index contributed by atoms with van der Waals surface area (Å²) in [6.07, 6.45) is 0. The highest BCUT2D eigenvalue weighted by atomic mass is 32.2. The van der Waals surface area contributed by atoms with Gasteiger partial charge in [-0.15, -0.1) is 0 Å². The van der Waals surface area contributed by atoms with E-state index in [0.717, 1.165) is 0 Å². The topological polar surface area (TPSA) is 76.7 Å². The molecule has 0 aromatic heterocycles. The molecule has 18 heavy (non-hydrogen) atoms. The van der Waals surface area contributed by atoms with Crippen LogP contribution in [-0.4, -0.2) is 42.0 Å². The first kappa shape index (κ1) is 14.6. The molecule has 1 rings (SSSR count). The maximum atomic E-state index is 11.7. The molecule has 7 heteroatoms. The number of anilines is 1. The van der Waals surface area contributed by atoms with E-state index in [9.17, 15) is 8.42 Å². The van der Waals surface area contributed by atoms with Crippen molar-refractivity contribution in [1.29, 1.82) is 0 Å². The molecular formula is C11H18N2O4S. The van der Waals surface area contributed by atoms with Gasteiger partial charge in [0.1, 0.15) is 11.5 Å². The number of ether oxygens (including phenoxy) is 2. The Balaban J connectivity index is 2.90. The number of hydrogen-bond donors (Lipinski definition) is 2. The van der Waals surface area contributed by atoms with E-state index in [4.69, 9.17) is 9.47 Å². The predicted octanol–water partition coefficient (Wildman–Crippen LogP) is 0.665. The summed E-state index contributed by atoms with van der Waals surface area (Å²) in [5, 5.41) is 2.79. The fourth-order valence-corrected chi connectivity index (χ4v) is 2.42. The van der Waals surface area contributed by atoms with Crippen LogP contribution < -0.4 is 19.5 Å². The lowest BCUT2D eigenvalue weighted by Gasteiger charge is -2.12. The van der Waals surface area contributed by atoms with E-state index in [-0.39, 0.29) is 5.75 Å². The number of methoxy groups -OCH3 is 2. The Morgan fingerprint density at radius 1 is 1.22 bits per heavy atom. The number of rotatable bonds is 7. The molecule has 0 atom stereocenters. The van der Waals surface area contributed by atoms with Gasteiger partial charge in [-0.2, -0.15) is 0 Å². The van der Waals surface area contributed by atoms with E-state index in [1.54, 1.807) is 25.2 Å². The lowest BCUT2D eigenvalue weighted by molar-refractivity contribution is 0.395. The summed E-state index contributed by atoms with van der Waals surface area (Å²) in [6, 6.07) is 4.89.